The Morgan fingerprint density at radius 2 is 1.60 bits per heavy atom. The van der Waals surface area contributed by atoms with Crippen LogP contribution in [-0.4, -0.2) is 12.2 Å². The van der Waals surface area contributed by atoms with Crippen molar-refractivity contribution < 1.29 is 4.74 Å². The van der Waals surface area contributed by atoms with Gasteiger partial charge in [-0.2, -0.15) is 0 Å². The summed E-state index contributed by atoms with van der Waals surface area (Å²) in [5.41, 5.74) is 0. The molecule has 0 aromatic carbocycles. The van der Waals surface area contributed by atoms with Crippen LogP contribution in [0.2, 0.25) is 0 Å². The molecule has 0 aromatic heterocycles. The molecule has 1 nitrogen and oxygen atoms in total. The first-order valence-electron chi connectivity index (χ1n) is 4.52. The van der Waals surface area contributed by atoms with Crippen LogP contribution in [0.3, 0.4) is 0 Å². The molecule has 2 fully saturated rings. The lowest BCUT2D eigenvalue weighted by molar-refractivity contribution is 0.211. The third kappa shape index (κ3) is 0.800. The van der Waals surface area contributed by atoms with E-state index in [1.165, 1.54) is 19.3 Å². The SMILES string of the molecule is CCC1CC(CC)C2OC12. The van der Waals surface area contributed by atoms with Gasteiger partial charge in [0.05, 0.1) is 12.2 Å². The standard InChI is InChI=1S/C9H16O/c1-3-6-5-7(4-2)9-8(6)10-9/h6-9H,3-5H2,1-2H3. The van der Waals surface area contributed by atoms with Gasteiger partial charge >= 0.3 is 0 Å². The van der Waals surface area contributed by atoms with E-state index in [2.05, 4.69) is 13.8 Å². The fourth-order valence-corrected chi connectivity index (χ4v) is 2.35. The topological polar surface area (TPSA) is 12.5 Å². The van der Waals surface area contributed by atoms with Crippen molar-refractivity contribution in [3.8, 4) is 0 Å². The van der Waals surface area contributed by atoms with Crippen LogP contribution in [0.5, 0.6) is 0 Å². The highest BCUT2D eigenvalue weighted by atomic mass is 16.6. The van der Waals surface area contributed by atoms with E-state index in [1.807, 2.05) is 0 Å². The minimum atomic E-state index is 0.676. The molecule has 1 aliphatic heterocycles. The van der Waals surface area contributed by atoms with Crippen molar-refractivity contribution in [2.24, 2.45) is 11.8 Å². The highest BCUT2D eigenvalue weighted by Crippen LogP contribution is 2.49. The zero-order chi connectivity index (χ0) is 7.14. The first kappa shape index (κ1) is 6.66. The summed E-state index contributed by atoms with van der Waals surface area (Å²) in [6.07, 6.45) is 5.42. The third-order valence-electron chi connectivity index (χ3n) is 3.14. The molecule has 0 bridgehead atoms. The highest BCUT2D eigenvalue weighted by molar-refractivity contribution is 5.01. The molecule has 0 N–H and O–H groups in total. The highest BCUT2D eigenvalue weighted by Gasteiger charge is 2.54. The summed E-state index contributed by atoms with van der Waals surface area (Å²) in [5.74, 6) is 1.80. The molecule has 1 aliphatic carbocycles. The molecule has 58 valence electrons. The predicted octanol–water partition coefficient (Wildman–Crippen LogP) is 2.21. The first-order chi connectivity index (χ1) is 4.86. The van der Waals surface area contributed by atoms with Gasteiger partial charge in [0.1, 0.15) is 0 Å². The largest absolute Gasteiger partial charge is 0.369 e. The van der Waals surface area contributed by atoms with E-state index < -0.39 is 0 Å². The van der Waals surface area contributed by atoms with Crippen LogP contribution in [0.15, 0.2) is 0 Å². The van der Waals surface area contributed by atoms with Gasteiger partial charge in [-0.05, 0) is 18.3 Å². The van der Waals surface area contributed by atoms with E-state index in [-0.39, 0.29) is 0 Å². The lowest BCUT2D eigenvalue weighted by Crippen LogP contribution is -2.04. The summed E-state index contributed by atoms with van der Waals surface area (Å²) in [5, 5.41) is 0. The molecule has 0 aromatic rings. The fourth-order valence-electron chi connectivity index (χ4n) is 2.35. The first-order valence-corrected chi connectivity index (χ1v) is 4.52. The maximum atomic E-state index is 5.56. The Morgan fingerprint density at radius 1 is 1.10 bits per heavy atom. The Kier molecular flexibility index (Phi) is 1.48. The van der Waals surface area contributed by atoms with Gasteiger partial charge in [0, 0.05) is 0 Å². The van der Waals surface area contributed by atoms with E-state index in [1.54, 1.807) is 0 Å². The van der Waals surface area contributed by atoms with Gasteiger partial charge in [0.15, 0.2) is 0 Å². The van der Waals surface area contributed by atoms with Crippen LogP contribution in [0, 0.1) is 11.8 Å². The molecular formula is C9H16O. The molecule has 0 radical (unpaired) electrons. The van der Waals surface area contributed by atoms with Crippen LogP contribution in [-0.2, 0) is 4.74 Å². The van der Waals surface area contributed by atoms with Crippen LogP contribution in [0.1, 0.15) is 33.1 Å². The van der Waals surface area contributed by atoms with Crippen molar-refractivity contribution in [1.82, 2.24) is 0 Å². The number of fused-ring (bicyclic) bond motifs is 1. The lowest BCUT2D eigenvalue weighted by atomic mass is 9.99. The molecule has 1 saturated carbocycles. The molecular weight excluding hydrogens is 124 g/mol. The molecule has 1 saturated heterocycles. The average Bonchev–Trinajstić information content (AvgIpc) is 2.67. The van der Waals surface area contributed by atoms with Gasteiger partial charge in [0.25, 0.3) is 0 Å². The maximum Gasteiger partial charge on any atom is 0.0872 e. The lowest BCUT2D eigenvalue weighted by Gasteiger charge is -2.11. The smallest absolute Gasteiger partial charge is 0.0872 e. The summed E-state index contributed by atoms with van der Waals surface area (Å²) in [4.78, 5) is 0. The molecule has 2 aliphatic rings. The van der Waals surface area contributed by atoms with Gasteiger partial charge < -0.3 is 4.74 Å². The number of rotatable bonds is 2. The maximum absolute atomic E-state index is 5.56. The normalized spacial score (nSPS) is 51.0. The number of epoxide rings is 1. The van der Waals surface area contributed by atoms with E-state index in [4.69, 9.17) is 4.74 Å². The molecule has 1 heteroatoms. The second-order valence-electron chi connectivity index (χ2n) is 3.64. The van der Waals surface area contributed by atoms with Crippen LogP contribution >= 0.6 is 0 Å². The fraction of sp³-hybridized carbons (Fsp3) is 1.00. The molecule has 2 rings (SSSR count). The monoisotopic (exact) mass is 140 g/mol. The van der Waals surface area contributed by atoms with Crippen molar-refractivity contribution in [1.29, 1.82) is 0 Å². The van der Waals surface area contributed by atoms with E-state index in [0.717, 1.165) is 11.8 Å². The van der Waals surface area contributed by atoms with Gasteiger partial charge in [-0.1, -0.05) is 26.7 Å². The Labute approximate surface area is 62.8 Å². The quantitative estimate of drug-likeness (QED) is 0.536. The van der Waals surface area contributed by atoms with Crippen molar-refractivity contribution in [2.45, 2.75) is 45.3 Å². The number of ether oxygens (including phenoxy) is 1. The van der Waals surface area contributed by atoms with Crippen molar-refractivity contribution >= 4 is 0 Å². The Bertz CT molecular complexity index is 119. The molecule has 0 spiro atoms. The van der Waals surface area contributed by atoms with Crippen LogP contribution in [0.25, 0.3) is 0 Å². The van der Waals surface area contributed by atoms with Gasteiger partial charge in [-0.25, -0.2) is 0 Å². The second kappa shape index (κ2) is 2.23. The summed E-state index contributed by atoms with van der Waals surface area (Å²) < 4.78 is 5.56. The molecule has 10 heavy (non-hydrogen) atoms. The van der Waals surface area contributed by atoms with Crippen molar-refractivity contribution in [3.05, 3.63) is 0 Å². The summed E-state index contributed by atoms with van der Waals surface area (Å²) in [6.45, 7) is 4.56. The zero-order valence-electron chi connectivity index (χ0n) is 6.84. The minimum absolute atomic E-state index is 0.676. The van der Waals surface area contributed by atoms with Crippen LogP contribution < -0.4 is 0 Å². The minimum Gasteiger partial charge on any atom is -0.369 e. The summed E-state index contributed by atoms with van der Waals surface area (Å²) >= 11 is 0. The average molecular weight is 140 g/mol. The number of hydrogen-bond donors (Lipinski definition) is 0. The van der Waals surface area contributed by atoms with Crippen molar-refractivity contribution in [3.63, 3.8) is 0 Å². The zero-order valence-corrected chi connectivity index (χ0v) is 6.84. The van der Waals surface area contributed by atoms with Gasteiger partial charge in [-0.3, -0.25) is 0 Å². The molecule has 4 unspecified atom stereocenters. The third-order valence-corrected chi connectivity index (χ3v) is 3.14. The summed E-state index contributed by atoms with van der Waals surface area (Å²) in [7, 11) is 0. The Hall–Kier alpha value is -0.0400. The second-order valence-corrected chi connectivity index (χ2v) is 3.64. The molecule has 1 heterocycles. The van der Waals surface area contributed by atoms with E-state index in [9.17, 15) is 0 Å². The van der Waals surface area contributed by atoms with Gasteiger partial charge in [-0.15, -0.1) is 0 Å². The van der Waals surface area contributed by atoms with Crippen LogP contribution in [0.4, 0.5) is 0 Å². The molecule has 4 atom stereocenters. The number of hydrogen-bond acceptors (Lipinski definition) is 1. The molecule has 0 amide bonds. The van der Waals surface area contributed by atoms with E-state index >= 15 is 0 Å². The van der Waals surface area contributed by atoms with E-state index in [0.29, 0.717) is 12.2 Å². The summed E-state index contributed by atoms with van der Waals surface area (Å²) in [6, 6.07) is 0. The Balaban J connectivity index is 1.95. The predicted molar refractivity (Wildman–Crippen MR) is 40.8 cm³/mol. The Morgan fingerprint density at radius 3 is 1.90 bits per heavy atom. The van der Waals surface area contributed by atoms with Crippen molar-refractivity contribution in [2.75, 3.05) is 0 Å². The van der Waals surface area contributed by atoms with Gasteiger partial charge in [0.2, 0.25) is 0 Å².